The van der Waals surface area contributed by atoms with Gasteiger partial charge in [0.15, 0.2) is 6.61 Å². The lowest BCUT2D eigenvalue weighted by molar-refractivity contribution is -0.124. The van der Waals surface area contributed by atoms with Crippen LogP contribution < -0.4 is 10.1 Å². The van der Waals surface area contributed by atoms with E-state index in [1.165, 1.54) is 12.3 Å². The normalized spacial score (nSPS) is 11.5. The highest BCUT2D eigenvalue weighted by molar-refractivity contribution is 6.30. The van der Waals surface area contributed by atoms with Gasteiger partial charge in [-0.3, -0.25) is 4.79 Å². The van der Waals surface area contributed by atoms with Gasteiger partial charge >= 0.3 is 5.97 Å². The van der Waals surface area contributed by atoms with Crippen LogP contribution in [0.5, 0.6) is 5.88 Å². The molecule has 0 spiro atoms. The van der Waals surface area contributed by atoms with Crippen molar-refractivity contribution in [2.24, 2.45) is 0 Å². The Morgan fingerprint density at radius 2 is 2.08 bits per heavy atom. The average molecular weight is 363 g/mol. The summed E-state index contributed by atoms with van der Waals surface area (Å²) in [5, 5.41) is 3.34. The number of carbonyl (C=O) groups excluding carboxylic acids is 2. The molecular formula is C18H19ClN2O4. The number of benzene rings is 1. The quantitative estimate of drug-likeness (QED) is 0.765. The molecule has 132 valence electrons. The Labute approximate surface area is 151 Å². The third-order valence-corrected chi connectivity index (χ3v) is 3.57. The van der Waals surface area contributed by atoms with E-state index in [-0.39, 0.29) is 17.5 Å². The molecule has 1 amide bonds. The van der Waals surface area contributed by atoms with Crippen molar-refractivity contribution in [1.29, 1.82) is 0 Å². The van der Waals surface area contributed by atoms with E-state index in [1.807, 2.05) is 13.0 Å². The fourth-order valence-electron chi connectivity index (χ4n) is 2.15. The van der Waals surface area contributed by atoms with E-state index < -0.39 is 18.5 Å². The summed E-state index contributed by atoms with van der Waals surface area (Å²) >= 11 is 5.94. The minimum Gasteiger partial charge on any atom is -0.477 e. The number of halogens is 1. The van der Waals surface area contributed by atoms with Crippen LogP contribution in [0.4, 0.5) is 0 Å². The SMILES string of the molecule is CCOc1ncccc1C(=O)OCC(=O)NC(C)c1cccc(Cl)c1. The summed E-state index contributed by atoms with van der Waals surface area (Å²) in [5.74, 6) is -0.896. The van der Waals surface area contributed by atoms with Crippen LogP contribution in [0, 0.1) is 0 Å². The van der Waals surface area contributed by atoms with Crippen molar-refractivity contribution >= 4 is 23.5 Å². The van der Waals surface area contributed by atoms with Crippen molar-refractivity contribution in [3.63, 3.8) is 0 Å². The lowest BCUT2D eigenvalue weighted by Crippen LogP contribution is -2.31. The van der Waals surface area contributed by atoms with Crippen molar-refractivity contribution in [2.45, 2.75) is 19.9 Å². The first kappa shape index (κ1) is 18.7. The van der Waals surface area contributed by atoms with Crippen molar-refractivity contribution < 1.29 is 19.1 Å². The van der Waals surface area contributed by atoms with Crippen LogP contribution >= 0.6 is 11.6 Å². The zero-order chi connectivity index (χ0) is 18.2. The number of esters is 1. The predicted molar refractivity (Wildman–Crippen MR) is 93.7 cm³/mol. The molecule has 0 saturated carbocycles. The number of rotatable bonds is 7. The van der Waals surface area contributed by atoms with E-state index in [1.54, 1.807) is 31.2 Å². The van der Waals surface area contributed by atoms with Gasteiger partial charge in [0.2, 0.25) is 5.88 Å². The molecule has 1 unspecified atom stereocenters. The maximum absolute atomic E-state index is 12.1. The van der Waals surface area contributed by atoms with Gasteiger partial charge in [-0.05, 0) is 43.7 Å². The maximum atomic E-state index is 12.1. The highest BCUT2D eigenvalue weighted by Crippen LogP contribution is 2.18. The molecule has 0 fully saturated rings. The van der Waals surface area contributed by atoms with E-state index in [2.05, 4.69) is 10.3 Å². The van der Waals surface area contributed by atoms with E-state index in [4.69, 9.17) is 21.1 Å². The Balaban J connectivity index is 1.90. The molecule has 0 radical (unpaired) electrons. The number of hydrogen-bond donors (Lipinski definition) is 1. The molecular weight excluding hydrogens is 344 g/mol. The number of ether oxygens (including phenoxy) is 2. The van der Waals surface area contributed by atoms with Crippen molar-refractivity contribution in [3.05, 3.63) is 58.7 Å². The van der Waals surface area contributed by atoms with Gasteiger partial charge in [0.05, 0.1) is 12.6 Å². The number of aromatic nitrogens is 1. The molecule has 2 aromatic rings. The Morgan fingerprint density at radius 1 is 1.28 bits per heavy atom. The molecule has 0 bridgehead atoms. The van der Waals surface area contributed by atoms with Crippen LogP contribution in [0.15, 0.2) is 42.6 Å². The second-order valence-electron chi connectivity index (χ2n) is 5.21. The van der Waals surface area contributed by atoms with Gasteiger partial charge in [-0.2, -0.15) is 0 Å². The third-order valence-electron chi connectivity index (χ3n) is 3.33. The lowest BCUT2D eigenvalue weighted by Gasteiger charge is -2.15. The van der Waals surface area contributed by atoms with Gasteiger partial charge in [0, 0.05) is 11.2 Å². The summed E-state index contributed by atoms with van der Waals surface area (Å²) in [6, 6.07) is 10.0. The van der Waals surface area contributed by atoms with Crippen LogP contribution in [-0.2, 0) is 9.53 Å². The zero-order valence-corrected chi connectivity index (χ0v) is 14.7. The highest BCUT2D eigenvalue weighted by atomic mass is 35.5. The topological polar surface area (TPSA) is 77.5 Å². The Kier molecular flexibility index (Phi) is 6.77. The van der Waals surface area contributed by atoms with Crippen LogP contribution in [0.2, 0.25) is 5.02 Å². The molecule has 7 heteroatoms. The summed E-state index contributed by atoms with van der Waals surface area (Å²) in [4.78, 5) is 28.1. The average Bonchev–Trinajstić information content (AvgIpc) is 2.60. The van der Waals surface area contributed by atoms with Gasteiger partial charge in [0.25, 0.3) is 5.91 Å². The van der Waals surface area contributed by atoms with Gasteiger partial charge in [-0.25, -0.2) is 9.78 Å². The lowest BCUT2D eigenvalue weighted by atomic mass is 10.1. The first-order valence-corrected chi connectivity index (χ1v) is 8.18. The number of hydrogen-bond acceptors (Lipinski definition) is 5. The molecule has 0 aliphatic rings. The minimum absolute atomic E-state index is 0.181. The Hall–Kier alpha value is -2.60. The molecule has 1 atom stereocenters. The van der Waals surface area contributed by atoms with Crippen molar-refractivity contribution in [3.8, 4) is 5.88 Å². The smallest absolute Gasteiger partial charge is 0.344 e. The van der Waals surface area contributed by atoms with Crippen LogP contribution in [0.1, 0.15) is 35.8 Å². The minimum atomic E-state index is -0.665. The van der Waals surface area contributed by atoms with Crippen LogP contribution in [-0.4, -0.2) is 30.1 Å². The first-order chi connectivity index (χ1) is 12.0. The van der Waals surface area contributed by atoms with Crippen molar-refractivity contribution in [1.82, 2.24) is 10.3 Å². The summed E-state index contributed by atoms with van der Waals surface area (Å²) in [7, 11) is 0. The molecule has 25 heavy (non-hydrogen) atoms. The monoisotopic (exact) mass is 362 g/mol. The molecule has 1 aromatic heterocycles. The third kappa shape index (κ3) is 5.46. The first-order valence-electron chi connectivity index (χ1n) is 7.81. The number of amides is 1. The van der Waals surface area contributed by atoms with E-state index in [0.29, 0.717) is 11.6 Å². The van der Waals surface area contributed by atoms with Gasteiger partial charge in [0.1, 0.15) is 5.56 Å². The largest absolute Gasteiger partial charge is 0.477 e. The molecule has 2 rings (SSSR count). The number of pyridine rings is 1. The van der Waals surface area contributed by atoms with Crippen LogP contribution in [0.3, 0.4) is 0 Å². The number of nitrogens with one attached hydrogen (secondary N) is 1. The highest BCUT2D eigenvalue weighted by Gasteiger charge is 2.17. The second kappa shape index (κ2) is 9.03. The summed E-state index contributed by atoms with van der Waals surface area (Å²) < 4.78 is 10.3. The van der Waals surface area contributed by atoms with E-state index in [0.717, 1.165) is 5.56 Å². The Morgan fingerprint density at radius 3 is 2.80 bits per heavy atom. The molecule has 6 nitrogen and oxygen atoms in total. The second-order valence-corrected chi connectivity index (χ2v) is 5.65. The van der Waals surface area contributed by atoms with E-state index >= 15 is 0 Å². The molecule has 1 N–H and O–H groups in total. The molecule has 0 saturated heterocycles. The molecule has 1 aromatic carbocycles. The molecule has 1 heterocycles. The van der Waals surface area contributed by atoms with E-state index in [9.17, 15) is 9.59 Å². The summed E-state index contributed by atoms with van der Waals surface area (Å²) in [6.45, 7) is 3.58. The van der Waals surface area contributed by atoms with Gasteiger partial charge in [-0.1, -0.05) is 23.7 Å². The maximum Gasteiger partial charge on any atom is 0.344 e. The van der Waals surface area contributed by atoms with Gasteiger partial charge < -0.3 is 14.8 Å². The standard InChI is InChI=1S/C18H19ClN2O4/c1-3-24-17-15(8-5-9-20-17)18(23)25-11-16(22)21-12(2)13-6-4-7-14(19)10-13/h4-10,12H,3,11H2,1-2H3,(H,21,22). The van der Waals surface area contributed by atoms with Crippen molar-refractivity contribution in [2.75, 3.05) is 13.2 Å². The summed E-state index contributed by atoms with van der Waals surface area (Å²) in [5.41, 5.74) is 1.04. The number of nitrogens with zero attached hydrogens (tertiary/aromatic N) is 1. The summed E-state index contributed by atoms with van der Waals surface area (Å²) in [6.07, 6.45) is 1.52. The van der Waals surface area contributed by atoms with Crippen LogP contribution in [0.25, 0.3) is 0 Å². The fraction of sp³-hybridized carbons (Fsp3) is 0.278. The predicted octanol–water partition coefficient (Wildman–Crippen LogP) is 3.17. The fourth-order valence-corrected chi connectivity index (χ4v) is 2.35. The number of carbonyl (C=O) groups is 2. The van der Waals surface area contributed by atoms with Gasteiger partial charge in [-0.15, -0.1) is 0 Å². The molecule has 0 aliphatic carbocycles. The molecule has 0 aliphatic heterocycles. The Bertz CT molecular complexity index is 751. The zero-order valence-electron chi connectivity index (χ0n) is 14.0.